The minimum atomic E-state index is -0.946. The monoisotopic (exact) mass is 333 g/mol. The number of hydrogen-bond acceptors (Lipinski definition) is 5. The number of rotatable bonds is 4. The van der Waals surface area contributed by atoms with E-state index in [1.807, 2.05) is 6.92 Å². The van der Waals surface area contributed by atoms with Crippen LogP contribution in [0.3, 0.4) is 0 Å². The second-order valence-electron chi connectivity index (χ2n) is 4.40. The van der Waals surface area contributed by atoms with E-state index in [0.717, 1.165) is 0 Å². The molecule has 0 radical (unpaired) electrons. The van der Waals surface area contributed by atoms with Crippen molar-refractivity contribution in [3.63, 3.8) is 0 Å². The van der Waals surface area contributed by atoms with Crippen LogP contribution in [-0.2, 0) is 10.8 Å². The van der Waals surface area contributed by atoms with Gasteiger partial charge in [-0.25, -0.2) is 4.68 Å². The Morgan fingerprint density at radius 2 is 2.15 bits per heavy atom. The van der Waals surface area contributed by atoms with Crippen molar-refractivity contribution in [1.82, 2.24) is 20.2 Å². The Kier molecular flexibility index (Phi) is 4.62. The first-order valence-corrected chi connectivity index (χ1v) is 8.21. The number of nitrogens with two attached hydrogens (primary N) is 1. The van der Waals surface area contributed by atoms with Gasteiger partial charge in [0.05, 0.1) is 21.8 Å². The zero-order chi connectivity index (χ0) is 14.9. The van der Waals surface area contributed by atoms with Crippen LogP contribution in [0.15, 0.2) is 12.1 Å². The smallest absolute Gasteiger partial charge is 0.182 e. The summed E-state index contributed by atoms with van der Waals surface area (Å²) < 4.78 is 12.9. The summed E-state index contributed by atoms with van der Waals surface area (Å²) in [6, 6.07) is 3.20. The number of tetrazole rings is 1. The summed E-state index contributed by atoms with van der Waals surface area (Å²) in [7, 11) is -0.946. The zero-order valence-electron chi connectivity index (χ0n) is 10.9. The number of aromatic nitrogens is 4. The Morgan fingerprint density at radius 3 is 2.75 bits per heavy atom. The summed E-state index contributed by atoms with van der Waals surface area (Å²) in [6.45, 7) is 1.89. The third-order valence-corrected chi connectivity index (χ3v) is 4.47. The second kappa shape index (κ2) is 6.07. The van der Waals surface area contributed by atoms with E-state index in [4.69, 9.17) is 28.9 Å². The lowest BCUT2D eigenvalue weighted by Gasteiger charge is -2.12. The van der Waals surface area contributed by atoms with Crippen LogP contribution in [0, 0.1) is 0 Å². The maximum absolute atomic E-state index is 11.3. The van der Waals surface area contributed by atoms with Crippen LogP contribution in [0.1, 0.15) is 13.0 Å². The summed E-state index contributed by atoms with van der Waals surface area (Å²) in [5, 5.41) is 12.2. The average molecular weight is 334 g/mol. The normalized spacial score (nSPS) is 14.2. The Bertz CT molecular complexity index is 637. The van der Waals surface area contributed by atoms with Crippen molar-refractivity contribution in [3.8, 4) is 11.4 Å². The van der Waals surface area contributed by atoms with E-state index in [9.17, 15) is 4.21 Å². The number of nitrogens with zero attached hydrogens (tertiary/aromatic N) is 4. The van der Waals surface area contributed by atoms with Gasteiger partial charge in [-0.1, -0.05) is 23.2 Å². The molecule has 0 saturated heterocycles. The molecule has 0 aliphatic heterocycles. The van der Waals surface area contributed by atoms with Crippen LogP contribution in [0.5, 0.6) is 0 Å². The molecular weight excluding hydrogens is 321 g/mol. The topological polar surface area (TPSA) is 86.7 Å². The number of halogens is 2. The maximum atomic E-state index is 11.3. The highest BCUT2D eigenvalue weighted by Gasteiger charge is 2.17. The summed E-state index contributed by atoms with van der Waals surface area (Å²) in [5.74, 6) is 0.961. The van der Waals surface area contributed by atoms with Gasteiger partial charge in [0, 0.05) is 28.4 Å². The van der Waals surface area contributed by atoms with E-state index in [2.05, 4.69) is 15.5 Å². The van der Waals surface area contributed by atoms with E-state index in [1.54, 1.807) is 23.1 Å². The Balaban J connectivity index is 2.44. The largest absolute Gasteiger partial charge is 0.397 e. The Morgan fingerprint density at radius 1 is 1.45 bits per heavy atom. The van der Waals surface area contributed by atoms with E-state index in [-0.39, 0.29) is 6.04 Å². The molecule has 0 aliphatic rings. The zero-order valence-corrected chi connectivity index (χ0v) is 13.2. The quantitative estimate of drug-likeness (QED) is 0.866. The van der Waals surface area contributed by atoms with Crippen LogP contribution >= 0.6 is 23.2 Å². The average Bonchev–Trinajstić information content (AvgIpc) is 2.83. The standard InChI is InChI=1S/C11H13Cl2N5OS/c1-6(5-20(2)19)18-11(15-16-17-18)7-3-8(12)10(13)9(14)4-7/h3-4,6H,5,14H2,1-2H3. The highest BCUT2D eigenvalue weighted by molar-refractivity contribution is 7.84. The van der Waals surface area contributed by atoms with Gasteiger partial charge in [-0.05, 0) is 29.5 Å². The predicted octanol–water partition coefficient (Wildman–Crippen LogP) is 2.17. The van der Waals surface area contributed by atoms with Crippen molar-refractivity contribution in [2.75, 3.05) is 17.7 Å². The lowest BCUT2D eigenvalue weighted by Crippen LogP contribution is -2.15. The molecule has 0 bridgehead atoms. The molecule has 0 amide bonds. The summed E-state index contributed by atoms with van der Waals surface area (Å²) >= 11 is 11.9. The lowest BCUT2D eigenvalue weighted by molar-refractivity contribution is 0.521. The summed E-state index contributed by atoms with van der Waals surface area (Å²) in [5.41, 5.74) is 6.81. The molecule has 0 spiro atoms. The molecule has 0 aliphatic carbocycles. The van der Waals surface area contributed by atoms with Gasteiger partial charge < -0.3 is 5.73 Å². The first-order chi connectivity index (χ1) is 9.40. The molecule has 2 rings (SSSR count). The van der Waals surface area contributed by atoms with Crippen LogP contribution in [0.2, 0.25) is 10.0 Å². The Labute approximate surface area is 128 Å². The molecule has 6 nitrogen and oxygen atoms in total. The van der Waals surface area contributed by atoms with Crippen LogP contribution in [0.4, 0.5) is 5.69 Å². The molecule has 9 heteroatoms. The van der Waals surface area contributed by atoms with Gasteiger partial charge in [0.15, 0.2) is 5.82 Å². The van der Waals surface area contributed by atoms with Gasteiger partial charge in [-0.3, -0.25) is 4.21 Å². The molecule has 0 saturated carbocycles. The van der Waals surface area contributed by atoms with Gasteiger partial charge in [0.25, 0.3) is 0 Å². The fourth-order valence-electron chi connectivity index (χ4n) is 1.83. The fraction of sp³-hybridized carbons (Fsp3) is 0.364. The third kappa shape index (κ3) is 3.11. The molecule has 0 fully saturated rings. The highest BCUT2D eigenvalue weighted by atomic mass is 35.5. The van der Waals surface area contributed by atoms with Crippen molar-refractivity contribution < 1.29 is 4.21 Å². The Hall–Kier alpha value is -1.18. The molecule has 1 heterocycles. The molecule has 2 unspecified atom stereocenters. The third-order valence-electron chi connectivity index (χ3n) is 2.70. The fourth-order valence-corrected chi connectivity index (χ4v) is 2.99. The highest BCUT2D eigenvalue weighted by Crippen LogP contribution is 2.33. The van der Waals surface area contributed by atoms with Crippen molar-refractivity contribution in [3.05, 3.63) is 22.2 Å². The van der Waals surface area contributed by atoms with Crippen molar-refractivity contribution in [2.45, 2.75) is 13.0 Å². The summed E-state index contributed by atoms with van der Waals surface area (Å²) in [6.07, 6.45) is 1.64. The van der Waals surface area contributed by atoms with Gasteiger partial charge >= 0.3 is 0 Å². The van der Waals surface area contributed by atoms with Gasteiger partial charge in [0.2, 0.25) is 0 Å². The molecule has 1 aromatic carbocycles. The lowest BCUT2D eigenvalue weighted by atomic mass is 10.2. The number of nitrogen functional groups attached to an aromatic ring is 1. The summed E-state index contributed by atoms with van der Waals surface area (Å²) in [4.78, 5) is 0. The molecule has 2 aromatic rings. The van der Waals surface area contributed by atoms with E-state index in [0.29, 0.717) is 32.9 Å². The van der Waals surface area contributed by atoms with Crippen molar-refractivity contribution in [2.24, 2.45) is 0 Å². The number of benzene rings is 1. The maximum Gasteiger partial charge on any atom is 0.182 e. The number of hydrogen-bond donors (Lipinski definition) is 1. The van der Waals surface area contributed by atoms with Crippen molar-refractivity contribution >= 4 is 39.7 Å². The SMILES string of the molecule is CC(CS(C)=O)n1nnnc1-c1cc(N)c(Cl)c(Cl)c1. The molecule has 1 aromatic heterocycles. The second-order valence-corrected chi connectivity index (χ2v) is 6.66. The molecule has 108 valence electrons. The van der Waals surface area contributed by atoms with Crippen LogP contribution < -0.4 is 5.73 Å². The van der Waals surface area contributed by atoms with E-state index in [1.165, 1.54) is 0 Å². The molecular formula is C11H13Cl2N5OS. The molecule has 2 N–H and O–H groups in total. The number of anilines is 1. The van der Waals surface area contributed by atoms with Crippen molar-refractivity contribution in [1.29, 1.82) is 0 Å². The van der Waals surface area contributed by atoms with Crippen LogP contribution in [0.25, 0.3) is 11.4 Å². The molecule has 2 atom stereocenters. The van der Waals surface area contributed by atoms with E-state index < -0.39 is 10.8 Å². The predicted molar refractivity (Wildman–Crippen MR) is 81.3 cm³/mol. The van der Waals surface area contributed by atoms with E-state index >= 15 is 0 Å². The van der Waals surface area contributed by atoms with Gasteiger partial charge in [0.1, 0.15) is 0 Å². The van der Waals surface area contributed by atoms with Gasteiger partial charge in [-0.2, -0.15) is 0 Å². The van der Waals surface area contributed by atoms with Gasteiger partial charge in [-0.15, -0.1) is 5.10 Å². The minimum Gasteiger partial charge on any atom is -0.397 e. The first kappa shape index (κ1) is 15.2. The van der Waals surface area contributed by atoms with Crippen LogP contribution in [-0.4, -0.2) is 36.4 Å². The minimum absolute atomic E-state index is 0.110. The first-order valence-electron chi connectivity index (χ1n) is 5.73. The molecule has 20 heavy (non-hydrogen) atoms.